The summed E-state index contributed by atoms with van der Waals surface area (Å²) < 4.78 is 1.94. The molecular formula is C11H13N5O3. The number of aromatic amines is 1. The highest BCUT2D eigenvalue weighted by Gasteiger charge is 2.09. The summed E-state index contributed by atoms with van der Waals surface area (Å²) in [5.74, 6) is -1.03. The van der Waals surface area contributed by atoms with Gasteiger partial charge in [0.15, 0.2) is 0 Å². The third-order valence-corrected chi connectivity index (χ3v) is 2.47. The van der Waals surface area contributed by atoms with Crippen LogP contribution in [0, 0.1) is 0 Å². The fourth-order valence-corrected chi connectivity index (χ4v) is 1.52. The number of nitrogens with zero attached hydrogens (tertiary/aromatic N) is 3. The predicted octanol–water partition coefficient (Wildman–Crippen LogP) is 0.167. The molecule has 0 aliphatic heterocycles. The highest BCUT2D eigenvalue weighted by Crippen LogP contribution is 1.97. The van der Waals surface area contributed by atoms with Gasteiger partial charge < -0.3 is 15.0 Å². The number of rotatable bonds is 6. The van der Waals surface area contributed by atoms with Gasteiger partial charge >= 0.3 is 5.97 Å². The summed E-state index contributed by atoms with van der Waals surface area (Å²) in [7, 11) is 0. The number of aryl methyl sites for hydroxylation is 1. The Balaban J connectivity index is 1.85. The van der Waals surface area contributed by atoms with Gasteiger partial charge in [0.1, 0.15) is 5.56 Å². The van der Waals surface area contributed by atoms with E-state index in [1.165, 1.54) is 0 Å². The second kappa shape index (κ2) is 5.80. The lowest BCUT2D eigenvalue weighted by atomic mass is 10.3. The van der Waals surface area contributed by atoms with Crippen molar-refractivity contribution in [2.75, 3.05) is 11.9 Å². The first-order valence-electron chi connectivity index (χ1n) is 5.69. The Morgan fingerprint density at radius 1 is 1.53 bits per heavy atom. The van der Waals surface area contributed by atoms with Gasteiger partial charge in [0.25, 0.3) is 5.56 Å². The van der Waals surface area contributed by atoms with Crippen molar-refractivity contribution >= 4 is 11.9 Å². The fourth-order valence-electron chi connectivity index (χ4n) is 1.52. The second-order valence-corrected chi connectivity index (χ2v) is 3.86. The molecule has 2 aromatic heterocycles. The zero-order valence-electron chi connectivity index (χ0n) is 10.0. The molecule has 0 atom stereocenters. The third-order valence-electron chi connectivity index (χ3n) is 2.47. The standard InChI is InChI=1S/C11H13N5O3/c17-9-8(10(18)19)6-14-11(15-9)13-2-1-4-16-5-3-12-7-16/h3,5-7H,1-2,4H2,(H,18,19)(H2,13,14,15,17). The van der Waals surface area contributed by atoms with Crippen molar-refractivity contribution in [1.29, 1.82) is 0 Å². The van der Waals surface area contributed by atoms with Gasteiger partial charge in [-0.2, -0.15) is 0 Å². The second-order valence-electron chi connectivity index (χ2n) is 3.86. The van der Waals surface area contributed by atoms with Gasteiger partial charge in [-0.1, -0.05) is 0 Å². The zero-order chi connectivity index (χ0) is 13.7. The van der Waals surface area contributed by atoms with E-state index in [-0.39, 0.29) is 11.5 Å². The third kappa shape index (κ3) is 3.41. The average Bonchev–Trinajstić information content (AvgIpc) is 2.87. The number of carboxylic acid groups (broad SMARTS) is 1. The minimum atomic E-state index is -1.29. The zero-order valence-corrected chi connectivity index (χ0v) is 10.0. The van der Waals surface area contributed by atoms with Crippen molar-refractivity contribution in [2.45, 2.75) is 13.0 Å². The van der Waals surface area contributed by atoms with E-state index >= 15 is 0 Å². The number of hydrogen-bond acceptors (Lipinski definition) is 5. The van der Waals surface area contributed by atoms with Crippen molar-refractivity contribution in [3.8, 4) is 0 Å². The first kappa shape index (κ1) is 12.8. The molecule has 0 spiro atoms. The summed E-state index contributed by atoms with van der Waals surface area (Å²) in [6, 6.07) is 0. The minimum Gasteiger partial charge on any atom is -0.477 e. The average molecular weight is 263 g/mol. The molecule has 0 aliphatic rings. The van der Waals surface area contributed by atoms with E-state index in [9.17, 15) is 9.59 Å². The Bertz CT molecular complexity index is 605. The Morgan fingerprint density at radius 3 is 3.00 bits per heavy atom. The van der Waals surface area contributed by atoms with E-state index < -0.39 is 11.5 Å². The van der Waals surface area contributed by atoms with Gasteiger partial charge in [0.05, 0.1) is 12.5 Å². The number of imidazole rings is 1. The lowest BCUT2D eigenvalue weighted by Gasteiger charge is -2.05. The Hall–Kier alpha value is -2.64. The summed E-state index contributed by atoms with van der Waals surface area (Å²) in [5.41, 5.74) is -1.04. The Labute approximate surface area is 108 Å². The Kier molecular flexibility index (Phi) is 3.91. The Morgan fingerprint density at radius 2 is 2.37 bits per heavy atom. The maximum atomic E-state index is 11.4. The molecule has 19 heavy (non-hydrogen) atoms. The highest BCUT2D eigenvalue weighted by atomic mass is 16.4. The molecule has 0 amide bonds. The van der Waals surface area contributed by atoms with Gasteiger partial charge in [0.2, 0.25) is 5.95 Å². The molecule has 0 aliphatic carbocycles. The number of carbonyl (C=O) groups is 1. The molecule has 0 saturated carbocycles. The van der Waals surface area contributed by atoms with E-state index in [2.05, 4.69) is 20.3 Å². The molecule has 0 aromatic carbocycles. The van der Waals surface area contributed by atoms with Gasteiger partial charge in [-0.25, -0.2) is 14.8 Å². The molecule has 3 N–H and O–H groups in total. The van der Waals surface area contributed by atoms with Crippen molar-refractivity contribution in [3.05, 3.63) is 40.8 Å². The number of aromatic carboxylic acids is 1. The van der Waals surface area contributed by atoms with Crippen molar-refractivity contribution in [2.24, 2.45) is 0 Å². The topological polar surface area (TPSA) is 113 Å². The molecule has 0 fully saturated rings. The number of anilines is 1. The van der Waals surface area contributed by atoms with E-state index in [0.29, 0.717) is 6.54 Å². The van der Waals surface area contributed by atoms with Crippen LogP contribution < -0.4 is 10.9 Å². The van der Waals surface area contributed by atoms with Crippen LogP contribution in [0.4, 0.5) is 5.95 Å². The quantitative estimate of drug-likeness (QED) is 0.640. The van der Waals surface area contributed by atoms with Crippen LogP contribution in [0.15, 0.2) is 29.7 Å². The molecule has 2 aromatic rings. The maximum absolute atomic E-state index is 11.4. The highest BCUT2D eigenvalue weighted by molar-refractivity contribution is 5.86. The number of carboxylic acids is 1. The van der Waals surface area contributed by atoms with Crippen LogP contribution >= 0.6 is 0 Å². The molecule has 8 heteroatoms. The molecule has 0 unspecified atom stereocenters. The largest absolute Gasteiger partial charge is 0.477 e. The first-order valence-corrected chi connectivity index (χ1v) is 5.69. The van der Waals surface area contributed by atoms with Gasteiger partial charge in [-0.3, -0.25) is 9.78 Å². The van der Waals surface area contributed by atoms with Crippen LogP contribution in [0.25, 0.3) is 0 Å². The van der Waals surface area contributed by atoms with Crippen LogP contribution in [0.1, 0.15) is 16.8 Å². The van der Waals surface area contributed by atoms with Crippen molar-refractivity contribution in [3.63, 3.8) is 0 Å². The van der Waals surface area contributed by atoms with Gasteiger partial charge in [-0.05, 0) is 6.42 Å². The molecule has 2 heterocycles. The number of hydrogen-bond donors (Lipinski definition) is 3. The van der Waals surface area contributed by atoms with Crippen LogP contribution in [0.3, 0.4) is 0 Å². The summed E-state index contributed by atoms with van der Waals surface area (Å²) >= 11 is 0. The van der Waals surface area contributed by atoms with Gasteiger partial charge in [0, 0.05) is 25.5 Å². The smallest absolute Gasteiger partial charge is 0.342 e. The predicted molar refractivity (Wildman–Crippen MR) is 67.2 cm³/mol. The normalized spacial score (nSPS) is 10.3. The summed E-state index contributed by atoms with van der Waals surface area (Å²) in [6.45, 7) is 1.40. The maximum Gasteiger partial charge on any atom is 0.342 e. The minimum absolute atomic E-state index is 0.264. The summed E-state index contributed by atoms with van der Waals surface area (Å²) in [6.07, 6.45) is 7.15. The van der Waals surface area contributed by atoms with Crippen LogP contribution in [0.5, 0.6) is 0 Å². The van der Waals surface area contributed by atoms with E-state index in [1.807, 2.05) is 10.8 Å². The summed E-state index contributed by atoms with van der Waals surface area (Å²) in [5, 5.41) is 11.6. The van der Waals surface area contributed by atoms with E-state index in [0.717, 1.165) is 19.2 Å². The molecule has 2 rings (SSSR count). The van der Waals surface area contributed by atoms with E-state index in [1.54, 1.807) is 12.5 Å². The number of aromatic nitrogens is 4. The number of nitrogens with one attached hydrogen (secondary N) is 2. The molecule has 100 valence electrons. The van der Waals surface area contributed by atoms with Gasteiger partial charge in [-0.15, -0.1) is 0 Å². The number of H-pyrrole nitrogens is 1. The fraction of sp³-hybridized carbons (Fsp3) is 0.273. The monoisotopic (exact) mass is 263 g/mol. The first-order chi connectivity index (χ1) is 9.16. The van der Waals surface area contributed by atoms with Crippen LogP contribution in [-0.2, 0) is 6.54 Å². The lowest BCUT2D eigenvalue weighted by Crippen LogP contribution is -2.20. The molecule has 0 saturated heterocycles. The lowest BCUT2D eigenvalue weighted by molar-refractivity contribution is 0.0694. The SMILES string of the molecule is O=C(O)c1cnc(NCCCn2ccnc2)[nH]c1=O. The summed E-state index contributed by atoms with van der Waals surface area (Å²) in [4.78, 5) is 32.1. The van der Waals surface area contributed by atoms with Crippen molar-refractivity contribution in [1.82, 2.24) is 19.5 Å². The van der Waals surface area contributed by atoms with Crippen LogP contribution in [-0.4, -0.2) is 37.1 Å². The molecule has 0 bridgehead atoms. The molecule has 0 radical (unpaired) electrons. The van der Waals surface area contributed by atoms with Crippen molar-refractivity contribution < 1.29 is 9.90 Å². The molecular weight excluding hydrogens is 250 g/mol. The van der Waals surface area contributed by atoms with E-state index in [4.69, 9.17) is 5.11 Å². The van der Waals surface area contributed by atoms with Crippen LogP contribution in [0.2, 0.25) is 0 Å². The molecule has 8 nitrogen and oxygen atoms in total.